The van der Waals surface area contributed by atoms with E-state index in [4.69, 9.17) is 0 Å². The molecule has 11 aromatic rings. The zero-order valence-corrected chi connectivity index (χ0v) is 28.4. The van der Waals surface area contributed by atoms with E-state index in [0.29, 0.717) is 0 Å². The average Bonchev–Trinajstić information content (AvgIpc) is 3.73. The molecule has 0 radical (unpaired) electrons. The Morgan fingerprint density at radius 2 is 0.788 bits per heavy atom. The van der Waals surface area contributed by atoms with E-state index < -0.39 is 0 Å². The molecule has 9 aromatic carbocycles. The van der Waals surface area contributed by atoms with Gasteiger partial charge in [0.15, 0.2) is 0 Å². The Labute approximate surface area is 301 Å². The third-order valence-electron chi connectivity index (χ3n) is 10.9. The highest BCUT2D eigenvalue weighted by Gasteiger charge is 2.19. The van der Waals surface area contributed by atoms with Crippen molar-refractivity contribution in [3.05, 3.63) is 194 Å². The first-order chi connectivity index (χ1) is 25.8. The summed E-state index contributed by atoms with van der Waals surface area (Å²) in [6, 6.07) is 71.0. The van der Waals surface area contributed by atoms with E-state index in [0.717, 1.165) is 0 Å². The van der Waals surface area contributed by atoms with Crippen LogP contribution in [0.4, 0.5) is 0 Å². The summed E-state index contributed by atoms with van der Waals surface area (Å²) in [5, 5.41) is 10.1. The topological polar surface area (TPSA) is 9.86 Å². The number of hydrogen-bond donors (Lipinski definition) is 0. The summed E-state index contributed by atoms with van der Waals surface area (Å²) in [5.74, 6) is 0. The van der Waals surface area contributed by atoms with Crippen LogP contribution in [0.25, 0.3) is 98.8 Å². The molecule has 2 heteroatoms. The molecule has 2 aromatic heterocycles. The molecular formula is C50H32N2. The molecule has 0 bridgehead atoms. The Bertz CT molecular complexity index is 3180. The molecule has 242 valence electrons. The second-order valence-electron chi connectivity index (χ2n) is 13.7. The van der Waals surface area contributed by atoms with E-state index in [-0.39, 0.29) is 0 Å². The van der Waals surface area contributed by atoms with Crippen LogP contribution in [0.3, 0.4) is 0 Å². The third kappa shape index (κ3) is 4.25. The molecule has 0 aliphatic carbocycles. The summed E-state index contributed by atoms with van der Waals surface area (Å²) < 4.78 is 4.91. The van der Waals surface area contributed by atoms with Gasteiger partial charge in [-0.2, -0.15) is 0 Å². The Morgan fingerprint density at radius 3 is 1.60 bits per heavy atom. The Balaban J connectivity index is 1.15. The summed E-state index contributed by atoms with van der Waals surface area (Å²) in [4.78, 5) is 0. The SMILES string of the molecule is c1ccc(-c2ccccc2-n2c3ccccc3c3ccc(-c4ccc5c(c4)c4ccccc4n5-c4cc5ccccc5c5ccccc45)cc32)cc1. The van der Waals surface area contributed by atoms with Crippen molar-refractivity contribution in [2.75, 3.05) is 0 Å². The highest BCUT2D eigenvalue weighted by Crippen LogP contribution is 2.41. The molecule has 2 nitrogen and oxygen atoms in total. The summed E-state index contributed by atoms with van der Waals surface area (Å²) in [6.07, 6.45) is 0. The maximum Gasteiger partial charge on any atom is 0.0547 e. The zero-order chi connectivity index (χ0) is 34.2. The van der Waals surface area contributed by atoms with Gasteiger partial charge >= 0.3 is 0 Å². The molecule has 11 rings (SSSR count). The van der Waals surface area contributed by atoms with Crippen LogP contribution < -0.4 is 0 Å². The minimum Gasteiger partial charge on any atom is -0.309 e. The van der Waals surface area contributed by atoms with Crippen molar-refractivity contribution in [3.63, 3.8) is 0 Å². The molecule has 0 N–H and O–H groups in total. The van der Waals surface area contributed by atoms with Crippen LogP contribution in [0, 0.1) is 0 Å². The first kappa shape index (κ1) is 28.9. The molecular weight excluding hydrogens is 629 g/mol. The molecule has 0 saturated carbocycles. The van der Waals surface area contributed by atoms with Crippen molar-refractivity contribution < 1.29 is 0 Å². The molecule has 2 heterocycles. The van der Waals surface area contributed by atoms with Gasteiger partial charge in [-0.05, 0) is 75.3 Å². The standard InChI is InChI=1S/C50H32N2/c1-2-14-33(15-3-1)38-18-8-11-23-45(38)51-46-24-12-9-21-41(46)43-28-26-35(31-49(43)51)34-27-29-48-44(30-34)42-22-10-13-25-47(42)52(48)50-32-36-16-4-5-17-37(36)39-19-6-7-20-40(39)50/h1-32H. The van der Waals surface area contributed by atoms with E-state index in [1.54, 1.807) is 0 Å². The number of hydrogen-bond acceptors (Lipinski definition) is 0. The average molecular weight is 661 g/mol. The summed E-state index contributed by atoms with van der Waals surface area (Å²) in [6.45, 7) is 0. The van der Waals surface area contributed by atoms with Gasteiger partial charge in [-0.1, -0.05) is 152 Å². The number of aromatic nitrogens is 2. The van der Waals surface area contributed by atoms with Crippen LogP contribution >= 0.6 is 0 Å². The Kier molecular flexibility index (Phi) is 6.28. The number of benzene rings is 9. The zero-order valence-electron chi connectivity index (χ0n) is 28.4. The molecule has 0 aliphatic heterocycles. The highest BCUT2D eigenvalue weighted by molar-refractivity contribution is 6.16. The van der Waals surface area contributed by atoms with Gasteiger partial charge in [-0.3, -0.25) is 0 Å². The maximum absolute atomic E-state index is 2.46. The smallest absolute Gasteiger partial charge is 0.0547 e. The lowest BCUT2D eigenvalue weighted by molar-refractivity contribution is 1.18. The minimum absolute atomic E-state index is 1.18. The van der Waals surface area contributed by atoms with Crippen LogP contribution in [-0.4, -0.2) is 9.13 Å². The fourth-order valence-electron chi connectivity index (χ4n) is 8.57. The molecule has 0 spiro atoms. The van der Waals surface area contributed by atoms with Crippen LogP contribution in [0.5, 0.6) is 0 Å². The van der Waals surface area contributed by atoms with Crippen molar-refractivity contribution in [1.82, 2.24) is 9.13 Å². The lowest BCUT2D eigenvalue weighted by atomic mass is 10.00. The molecule has 0 aliphatic rings. The van der Waals surface area contributed by atoms with Gasteiger partial charge in [0, 0.05) is 32.5 Å². The molecule has 0 unspecified atom stereocenters. The number of nitrogens with zero attached hydrogens (tertiary/aromatic N) is 2. The lowest BCUT2D eigenvalue weighted by Gasteiger charge is -2.15. The molecule has 0 fully saturated rings. The minimum atomic E-state index is 1.18. The number of rotatable bonds is 4. The van der Waals surface area contributed by atoms with E-state index >= 15 is 0 Å². The predicted molar refractivity (Wildman–Crippen MR) is 221 cm³/mol. The Hall–Kier alpha value is -6.90. The van der Waals surface area contributed by atoms with E-state index in [2.05, 4.69) is 203 Å². The molecule has 52 heavy (non-hydrogen) atoms. The van der Waals surface area contributed by atoms with Gasteiger partial charge in [0.1, 0.15) is 0 Å². The van der Waals surface area contributed by atoms with Crippen molar-refractivity contribution in [1.29, 1.82) is 0 Å². The fraction of sp³-hybridized carbons (Fsp3) is 0. The summed E-state index contributed by atoms with van der Waals surface area (Å²) in [7, 11) is 0. The molecule has 0 atom stereocenters. The van der Waals surface area contributed by atoms with Crippen molar-refractivity contribution in [3.8, 4) is 33.6 Å². The second kappa shape index (κ2) is 11.3. The van der Waals surface area contributed by atoms with Crippen LogP contribution in [-0.2, 0) is 0 Å². The van der Waals surface area contributed by atoms with Crippen molar-refractivity contribution >= 4 is 65.2 Å². The first-order valence-corrected chi connectivity index (χ1v) is 17.9. The molecule has 0 saturated heterocycles. The van der Waals surface area contributed by atoms with Crippen molar-refractivity contribution in [2.24, 2.45) is 0 Å². The van der Waals surface area contributed by atoms with Gasteiger partial charge in [0.25, 0.3) is 0 Å². The van der Waals surface area contributed by atoms with Gasteiger partial charge in [-0.15, -0.1) is 0 Å². The van der Waals surface area contributed by atoms with Crippen molar-refractivity contribution in [2.45, 2.75) is 0 Å². The van der Waals surface area contributed by atoms with E-state index in [9.17, 15) is 0 Å². The lowest BCUT2D eigenvalue weighted by Crippen LogP contribution is -1.97. The number of para-hydroxylation sites is 3. The van der Waals surface area contributed by atoms with Gasteiger partial charge in [-0.25, -0.2) is 0 Å². The Morgan fingerprint density at radius 1 is 0.250 bits per heavy atom. The monoisotopic (exact) mass is 660 g/mol. The normalized spacial score (nSPS) is 11.8. The largest absolute Gasteiger partial charge is 0.309 e. The van der Waals surface area contributed by atoms with E-state index in [1.165, 1.54) is 98.8 Å². The summed E-state index contributed by atoms with van der Waals surface area (Å²) >= 11 is 0. The van der Waals surface area contributed by atoms with E-state index in [1.807, 2.05) is 0 Å². The van der Waals surface area contributed by atoms with Crippen LogP contribution in [0.15, 0.2) is 194 Å². The second-order valence-corrected chi connectivity index (χ2v) is 13.7. The maximum atomic E-state index is 2.46. The fourth-order valence-corrected chi connectivity index (χ4v) is 8.57. The predicted octanol–water partition coefficient (Wildman–Crippen LogP) is 13.5. The van der Waals surface area contributed by atoms with Gasteiger partial charge < -0.3 is 9.13 Å². The van der Waals surface area contributed by atoms with Crippen LogP contribution in [0.1, 0.15) is 0 Å². The van der Waals surface area contributed by atoms with Crippen LogP contribution in [0.2, 0.25) is 0 Å². The van der Waals surface area contributed by atoms with Gasteiger partial charge in [0.2, 0.25) is 0 Å². The molecule has 0 amide bonds. The van der Waals surface area contributed by atoms with Gasteiger partial charge in [0.05, 0.1) is 33.4 Å². The summed E-state index contributed by atoms with van der Waals surface area (Å²) in [5.41, 5.74) is 12.0. The quantitative estimate of drug-likeness (QED) is 0.166. The highest BCUT2D eigenvalue weighted by atomic mass is 15.0. The third-order valence-corrected chi connectivity index (χ3v) is 10.9. The number of fused-ring (bicyclic) bond motifs is 9. The first-order valence-electron chi connectivity index (χ1n) is 17.9.